The van der Waals surface area contributed by atoms with Gasteiger partial charge in [0.25, 0.3) is 0 Å². The van der Waals surface area contributed by atoms with E-state index in [9.17, 15) is 4.39 Å². The van der Waals surface area contributed by atoms with Crippen LogP contribution in [0.2, 0.25) is 0 Å². The first-order valence-electron chi connectivity index (χ1n) is 7.06. The van der Waals surface area contributed by atoms with Crippen molar-refractivity contribution in [2.75, 3.05) is 7.05 Å². The molecule has 2 heteroatoms. The van der Waals surface area contributed by atoms with Crippen LogP contribution in [0, 0.1) is 11.2 Å². The van der Waals surface area contributed by atoms with Crippen molar-refractivity contribution in [3.8, 4) is 0 Å². The maximum atomic E-state index is 12.9. The first-order valence-corrected chi connectivity index (χ1v) is 7.06. The van der Waals surface area contributed by atoms with E-state index in [-0.39, 0.29) is 5.82 Å². The summed E-state index contributed by atoms with van der Waals surface area (Å²) in [5.41, 5.74) is 1.61. The predicted octanol–water partition coefficient (Wildman–Crippen LogP) is 3.93. The first kappa shape index (κ1) is 13.5. The second-order valence-electron chi connectivity index (χ2n) is 5.89. The molecule has 0 saturated heterocycles. The normalized spacial score (nSPS) is 20.6. The molecule has 1 aliphatic carbocycles. The molecule has 1 aromatic rings. The molecule has 1 aromatic carbocycles. The van der Waals surface area contributed by atoms with Crippen molar-refractivity contribution >= 4 is 0 Å². The highest BCUT2D eigenvalue weighted by Crippen LogP contribution is 2.39. The number of halogens is 1. The third kappa shape index (κ3) is 3.11. The van der Waals surface area contributed by atoms with Crippen LogP contribution in [0.25, 0.3) is 0 Å². The minimum atomic E-state index is -0.149. The van der Waals surface area contributed by atoms with Crippen LogP contribution < -0.4 is 5.32 Å². The summed E-state index contributed by atoms with van der Waals surface area (Å²) < 4.78 is 12.9. The van der Waals surface area contributed by atoms with Crippen LogP contribution in [0.4, 0.5) is 4.39 Å². The molecule has 0 radical (unpaired) electrons. The minimum absolute atomic E-state index is 0.149. The molecule has 18 heavy (non-hydrogen) atoms. The Morgan fingerprint density at radius 2 is 1.78 bits per heavy atom. The van der Waals surface area contributed by atoms with Crippen molar-refractivity contribution < 1.29 is 4.39 Å². The first-order chi connectivity index (χ1) is 8.64. The fraction of sp³-hybridized carbons (Fsp3) is 0.625. The summed E-state index contributed by atoms with van der Waals surface area (Å²) in [4.78, 5) is 0. The molecule has 1 unspecified atom stereocenters. The molecule has 0 aromatic heterocycles. The Labute approximate surface area is 110 Å². The third-order valence-corrected chi connectivity index (χ3v) is 4.54. The lowest BCUT2D eigenvalue weighted by molar-refractivity contribution is 0.149. The summed E-state index contributed by atoms with van der Waals surface area (Å²) in [6.07, 6.45) is 7.67. The van der Waals surface area contributed by atoms with Crippen molar-refractivity contribution in [1.29, 1.82) is 0 Å². The maximum Gasteiger partial charge on any atom is 0.123 e. The number of rotatable bonds is 4. The number of hydrogen-bond donors (Lipinski definition) is 1. The van der Waals surface area contributed by atoms with Crippen molar-refractivity contribution in [3.63, 3.8) is 0 Å². The van der Waals surface area contributed by atoms with E-state index in [0.29, 0.717) is 11.5 Å². The second kappa shape index (κ2) is 5.83. The monoisotopic (exact) mass is 249 g/mol. The lowest BCUT2D eigenvalue weighted by Crippen LogP contribution is -2.44. The second-order valence-corrected chi connectivity index (χ2v) is 5.89. The molecule has 1 aliphatic rings. The van der Waals surface area contributed by atoms with Gasteiger partial charge in [0.15, 0.2) is 0 Å². The Hall–Kier alpha value is -0.890. The van der Waals surface area contributed by atoms with Crippen molar-refractivity contribution in [2.24, 2.45) is 5.41 Å². The molecule has 0 amide bonds. The van der Waals surface area contributed by atoms with E-state index >= 15 is 0 Å². The molecule has 0 heterocycles. The van der Waals surface area contributed by atoms with E-state index in [0.717, 1.165) is 6.42 Å². The molecule has 1 atom stereocenters. The Kier molecular flexibility index (Phi) is 4.39. The molecule has 1 fully saturated rings. The number of nitrogens with one attached hydrogen (secondary N) is 1. The van der Waals surface area contributed by atoms with E-state index in [4.69, 9.17) is 0 Å². The van der Waals surface area contributed by atoms with Gasteiger partial charge >= 0.3 is 0 Å². The van der Waals surface area contributed by atoms with Gasteiger partial charge in [0.05, 0.1) is 0 Å². The molecular formula is C16H24FN. The molecule has 2 rings (SSSR count). The SMILES string of the molecule is CNC(Cc1ccc(F)cc1)C1(C)CCCCC1. The standard InChI is InChI=1S/C16H24FN/c1-16(10-4-3-5-11-16)15(18-2)12-13-6-8-14(17)9-7-13/h6-9,15,18H,3-5,10-12H2,1-2H3. The topological polar surface area (TPSA) is 12.0 Å². The summed E-state index contributed by atoms with van der Waals surface area (Å²) in [6.45, 7) is 2.40. The van der Waals surface area contributed by atoms with E-state index in [1.54, 1.807) is 12.1 Å². The number of benzene rings is 1. The zero-order valence-corrected chi connectivity index (χ0v) is 11.5. The molecule has 1 nitrogen and oxygen atoms in total. The van der Waals surface area contributed by atoms with Crippen LogP contribution in [0.1, 0.15) is 44.6 Å². The zero-order chi connectivity index (χ0) is 13.0. The predicted molar refractivity (Wildman–Crippen MR) is 74.1 cm³/mol. The van der Waals surface area contributed by atoms with E-state index in [2.05, 4.69) is 12.2 Å². The fourth-order valence-corrected chi connectivity index (χ4v) is 3.26. The van der Waals surface area contributed by atoms with Crippen LogP contribution in [0.5, 0.6) is 0 Å². The Bertz CT molecular complexity index is 365. The molecule has 1 saturated carbocycles. The van der Waals surface area contributed by atoms with Crippen molar-refractivity contribution in [3.05, 3.63) is 35.6 Å². The lowest BCUT2D eigenvalue weighted by Gasteiger charge is -2.41. The summed E-state index contributed by atoms with van der Waals surface area (Å²) in [6, 6.07) is 7.43. The van der Waals surface area contributed by atoms with Gasteiger partial charge in [0, 0.05) is 6.04 Å². The average Bonchev–Trinajstić information content (AvgIpc) is 2.38. The van der Waals surface area contributed by atoms with Crippen molar-refractivity contribution in [2.45, 2.75) is 51.5 Å². The zero-order valence-electron chi connectivity index (χ0n) is 11.5. The van der Waals surface area contributed by atoms with Crippen LogP contribution in [-0.2, 0) is 6.42 Å². The van der Waals surface area contributed by atoms with E-state index in [1.807, 2.05) is 19.2 Å². The fourth-order valence-electron chi connectivity index (χ4n) is 3.26. The van der Waals surface area contributed by atoms with Crippen LogP contribution in [-0.4, -0.2) is 13.1 Å². The largest absolute Gasteiger partial charge is 0.316 e. The van der Waals surface area contributed by atoms with Gasteiger partial charge in [-0.25, -0.2) is 4.39 Å². The van der Waals surface area contributed by atoms with Gasteiger partial charge in [-0.1, -0.05) is 38.3 Å². The highest BCUT2D eigenvalue weighted by atomic mass is 19.1. The molecule has 1 N–H and O–H groups in total. The quantitative estimate of drug-likeness (QED) is 0.852. The maximum absolute atomic E-state index is 12.9. The van der Waals surface area contributed by atoms with Gasteiger partial charge in [-0.05, 0) is 49.4 Å². The summed E-state index contributed by atoms with van der Waals surface area (Å²) in [7, 11) is 2.05. The Morgan fingerprint density at radius 1 is 1.17 bits per heavy atom. The minimum Gasteiger partial charge on any atom is -0.316 e. The summed E-state index contributed by atoms with van der Waals surface area (Å²) in [5.74, 6) is -0.149. The van der Waals surface area contributed by atoms with E-state index < -0.39 is 0 Å². The van der Waals surface area contributed by atoms with Crippen LogP contribution in [0.15, 0.2) is 24.3 Å². The molecule has 0 bridgehead atoms. The Balaban J connectivity index is 2.06. The highest BCUT2D eigenvalue weighted by Gasteiger charge is 2.34. The third-order valence-electron chi connectivity index (χ3n) is 4.54. The summed E-state index contributed by atoms with van der Waals surface area (Å²) in [5, 5.41) is 3.48. The average molecular weight is 249 g/mol. The van der Waals surface area contributed by atoms with Gasteiger partial charge in [-0.2, -0.15) is 0 Å². The molecule has 0 spiro atoms. The van der Waals surface area contributed by atoms with Crippen LogP contribution >= 0.6 is 0 Å². The smallest absolute Gasteiger partial charge is 0.123 e. The van der Waals surface area contributed by atoms with Gasteiger partial charge < -0.3 is 5.32 Å². The van der Waals surface area contributed by atoms with E-state index in [1.165, 1.54) is 37.7 Å². The van der Waals surface area contributed by atoms with Crippen molar-refractivity contribution in [1.82, 2.24) is 5.32 Å². The lowest BCUT2D eigenvalue weighted by atomic mass is 9.69. The van der Waals surface area contributed by atoms with Gasteiger partial charge in [0.2, 0.25) is 0 Å². The molecule has 100 valence electrons. The molecule has 0 aliphatic heterocycles. The molecular weight excluding hydrogens is 225 g/mol. The summed E-state index contributed by atoms with van der Waals surface area (Å²) >= 11 is 0. The Morgan fingerprint density at radius 3 is 2.33 bits per heavy atom. The van der Waals surface area contributed by atoms with Gasteiger partial charge in [-0.3, -0.25) is 0 Å². The van der Waals surface area contributed by atoms with Gasteiger partial charge in [-0.15, -0.1) is 0 Å². The highest BCUT2D eigenvalue weighted by molar-refractivity contribution is 5.18. The number of likely N-dealkylation sites (N-methyl/N-ethyl adjacent to an activating group) is 1. The van der Waals surface area contributed by atoms with Crippen LogP contribution in [0.3, 0.4) is 0 Å². The number of hydrogen-bond acceptors (Lipinski definition) is 1. The van der Waals surface area contributed by atoms with Gasteiger partial charge in [0.1, 0.15) is 5.82 Å².